The van der Waals surface area contributed by atoms with Gasteiger partial charge >= 0.3 is 0 Å². The first-order valence-electron chi connectivity index (χ1n) is 7.89. The monoisotopic (exact) mass is 304 g/mol. The van der Waals surface area contributed by atoms with Gasteiger partial charge in [-0.15, -0.1) is 11.3 Å². The SMILES string of the molecule is CCn1ccnc1CC(NN)c1cc2c(s1)CCCCC2. The zero-order chi connectivity index (χ0) is 14.7. The minimum atomic E-state index is 0.162. The molecule has 5 heteroatoms. The Bertz CT molecular complexity index is 563. The Hall–Kier alpha value is -1.17. The second-order valence-electron chi connectivity index (χ2n) is 5.71. The first kappa shape index (κ1) is 14.8. The van der Waals surface area contributed by atoms with Gasteiger partial charge in [0.15, 0.2) is 0 Å². The molecular weight excluding hydrogens is 280 g/mol. The number of hydrogen-bond donors (Lipinski definition) is 2. The van der Waals surface area contributed by atoms with E-state index in [1.807, 2.05) is 23.7 Å². The molecule has 1 unspecified atom stereocenters. The average molecular weight is 304 g/mol. The molecule has 3 rings (SSSR count). The molecule has 114 valence electrons. The Labute approximate surface area is 130 Å². The fourth-order valence-electron chi connectivity index (χ4n) is 3.10. The molecule has 4 nitrogen and oxygen atoms in total. The van der Waals surface area contributed by atoms with Crippen molar-refractivity contribution in [3.8, 4) is 0 Å². The first-order chi connectivity index (χ1) is 10.3. The lowest BCUT2D eigenvalue weighted by Gasteiger charge is -2.14. The van der Waals surface area contributed by atoms with Crippen molar-refractivity contribution in [1.82, 2.24) is 15.0 Å². The lowest BCUT2D eigenvalue weighted by Crippen LogP contribution is -2.29. The van der Waals surface area contributed by atoms with Gasteiger partial charge in [0.1, 0.15) is 5.82 Å². The van der Waals surface area contributed by atoms with E-state index < -0.39 is 0 Å². The molecule has 0 amide bonds. The van der Waals surface area contributed by atoms with E-state index >= 15 is 0 Å². The maximum atomic E-state index is 5.82. The number of aryl methyl sites for hydroxylation is 3. The topological polar surface area (TPSA) is 55.9 Å². The molecule has 2 aromatic heterocycles. The van der Waals surface area contributed by atoms with Gasteiger partial charge < -0.3 is 4.57 Å². The summed E-state index contributed by atoms with van der Waals surface area (Å²) in [6.45, 7) is 3.09. The molecule has 0 aromatic carbocycles. The zero-order valence-electron chi connectivity index (χ0n) is 12.6. The lowest BCUT2D eigenvalue weighted by atomic mass is 10.1. The standard InChI is InChI=1S/C16H24N4S/c1-2-20-9-8-18-16(20)11-13(19-17)15-10-12-6-4-3-5-7-14(12)21-15/h8-10,13,19H,2-7,11,17H2,1H3. The minimum absolute atomic E-state index is 0.162. The van der Waals surface area contributed by atoms with E-state index in [1.54, 1.807) is 10.4 Å². The summed E-state index contributed by atoms with van der Waals surface area (Å²) in [6, 6.07) is 2.53. The molecule has 2 aromatic rings. The van der Waals surface area contributed by atoms with E-state index in [9.17, 15) is 0 Å². The van der Waals surface area contributed by atoms with Gasteiger partial charge in [-0.1, -0.05) is 6.42 Å². The average Bonchev–Trinajstić information content (AvgIpc) is 3.06. The van der Waals surface area contributed by atoms with Gasteiger partial charge in [-0.3, -0.25) is 11.3 Å². The molecule has 0 saturated carbocycles. The van der Waals surface area contributed by atoms with Gasteiger partial charge in [-0.2, -0.15) is 0 Å². The van der Waals surface area contributed by atoms with Crippen molar-refractivity contribution in [3.63, 3.8) is 0 Å². The Morgan fingerprint density at radius 3 is 3.05 bits per heavy atom. The zero-order valence-corrected chi connectivity index (χ0v) is 13.5. The minimum Gasteiger partial charge on any atom is -0.335 e. The van der Waals surface area contributed by atoms with Crippen LogP contribution < -0.4 is 11.3 Å². The number of thiophene rings is 1. The molecular formula is C16H24N4S. The highest BCUT2D eigenvalue weighted by Crippen LogP contribution is 2.33. The van der Waals surface area contributed by atoms with Crippen molar-refractivity contribution in [2.45, 2.75) is 58.0 Å². The summed E-state index contributed by atoms with van der Waals surface area (Å²) >= 11 is 1.94. The number of aromatic nitrogens is 2. The second kappa shape index (κ2) is 6.73. The molecule has 0 fully saturated rings. The van der Waals surface area contributed by atoms with Crippen molar-refractivity contribution in [2.24, 2.45) is 5.84 Å². The maximum Gasteiger partial charge on any atom is 0.110 e. The number of hydrazine groups is 1. The molecule has 2 heterocycles. The highest BCUT2D eigenvalue weighted by Gasteiger charge is 2.19. The van der Waals surface area contributed by atoms with Crippen molar-refractivity contribution in [3.05, 3.63) is 39.6 Å². The highest BCUT2D eigenvalue weighted by molar-refractivity contribution is 7.12. The van der Waals surface area contributed by atoms with Crippen LogP contribution in [0.4, 0.5) is 0 Å². The third-order valence-corrected chi connectivity index (χ3v) is 5.69. The van der Waals surface area contributed by atoms with Gasteiger partial charge in [-0.05, 0) is 44.2 Å². The molecule has 0 aliphatic heterocycles. The molecule has 3 N–H and O–H groups in total. The molecule has 1 aliphatic rings. The van der Waals surface area contributed by atoms with Gasteiger partial charge in [0.05, 0.1) is 6.04 Å². The van der Waals surface area contributed by atoms with Crippen molar-refractivity contribution in [2.75, 3.05) is 0 Å². The third-order valence-electron chi connectivity index (χ3n) is 4.34. The van der Waals surface area contributed by atoms with E-state index in [0.717, 1.165) is 18.8 Å². The predicted octanol–water partition coefficient (Wildman–Crippen LogP) is 2.98. The van der Waals surface area contributed by atoms with Crippen LogP contribution >= 0.6 is 11.3 Å². The van der Waals surface area contributed by atoms with Gasteiger partial charge in [0.25, 0.3) is 0 Å². The van der Waals surface area contributed by atoms with Crippen LogP contribution in [0.5, 0.6) is 0 Å². The van der Waals surface area contributed by atoms with Crippen LogP contribution in [0, 0.1) is 0 Å². The number of nitrogens with two attached hydrogens (primary N) is 1. The molecule has 0 radical (unpaired) electrons. The molecule has 21 heavy (non-hydrogen) atoms. The van der Waals surface area contributed by atoms with Crippen molar-refractivity contribution < 1.29 is 0 Å². The Morgan fingerprint density at radius 1 is 1.38 bits per heavy atom. The molecule has 0 saturated heterocycles. The van der Waals surface area contributed by atoms with Crippen LogP contribution in [-0.2, 0) is 25.8 Å². The fraction of sp³-hybridized carbons (Fsp3) is 0.562. The van der Waals surface area contributed by atoms with E-state index in [-0.39, 0.29) is 6.04 Å². The summed E-state index contributed by atoms with van der Waals surface area (Å²) in [7, 11) is 0. The number of nitrogens with one attached hydrogen (secondary N) is 1. The number of rotatable bonds is 5. The summed E-state index contributed by atoms with van der Waals surface area (Å²) in [4.78, 5) is 7.40. The number of nitrogens with zero attached hydrogens (tertiary/aromatic N) is 2. The summed E-state index contributed by atoms with van der Waals surface area (Å²) in [6.07, 6.45) is 11.2. The number of hydrogen-bond acceptors (Lipinski definition) is 4. The highest BCUT2D eigenvalue weighted by atomic mass is 32.1. The van der Waals surface area contributed by atoms with Gasteiger partial charge in [0, 0.05) is 35.1 Å². The molecule has 0 bridgehead atoms. The molecule has 1 atom stereocenters. The van der Waals surface area contributed by atoms with Crippen LogP contribution in [0.2, 0.25) is 0 Å². The summed E-state index contributed by atoms with van der Waals surface area (Å²) in [5.41, 5.74) is 4.54. The summed E-state index contributed by atoms with van der Waals surface area (Å²) in [5.74, 6) is 6.92. The second-order valence-corrected chi connectivity index (χ2v) is 6.88. The quantitative estimate of drug-likeness (QED) is 0.507. The van der Waals surface area contributed by atoms with E-state index in [2.05, 4.69) is 28.0 Å². The van der Waals surface area contributed by atoms with Crippen LogP contribution in [0.25, 0.3) is 0 Å². The smallest absolute Gasteiger partial charge is 0.110 e. The fourth-order valence-corrected chi connectivity index (χ4v) is 4.42. The normalized spacial score (nSPS) is 16.5. The van der Waals surface area contributed by atoms with E-state index in [0.29, 0.717) is 0 Å². The Balaban J connectivity index is 1.80. The number of imidazole rings is 1. The van der Waals surface area contributed by atoms with E-state index in [1.165, 1.54) is 37.0 Å². The summed E-state index contributed by atoms with van der Waals surface area (Å²) < 4.78 is 2.18. The van der Waals surface area contributed by atoms with E-state index in [4.69, 9.17) is 5.84 Å². The Morgan fingerprint density at radius 2 is 2.24 bits per heavy atom. The first-order valence-corrected chi connectivity index (χ1v) is 8.71. The molecule has 1 aliphatic carbocycles. The third kappa shape index (κ3) is 3.20. The molecule has 0 spiro atoms. The lowest BCUT2D eigenvalue weighted by molar-refractivity contribution is 0.530. The van der Waals surface area contributed by atoms with Crippen LogP contribution in [0.3, 0.4) is 0 Å². The van der Waals surface area contributed by atoms with Crippen LogP contribution in [0.1, 0.15) is 53.4 Å². The Kier molecular flexibility index (Phi) is 4.73. The van der Waals surface area contributed by atoms with Crippen LogP contribution in [-0.4, -0.2) is 9.55 Å². The van der Waals surface area contributed by atoms with Crippen molar-refractivity contribution >= 4 is 11.3 Å². The van der Waals surface area contributed by atoms with Gasteiger partial charge in [-0.25, -0.2) is 4.98 Å². The maximum absolute atomic E-state index is 5.82. The number of fused-ring (bicyclic) bond motifs is 1. The van der Waals surface area contributed by atoms with Gasteiger partial charge in [0.2, 0.25) is 0 Å². The largest absolute Gasteiger partial charge is 0.335 e. The summed E-state index contributed by atoms with van der Waals surface area (Å²) in [5, 5.41) is 0. The van der Waals surface area contributed by atoms with Crippen LogP contribution in [0.15, 0.2) is 18.5 Å². The predicted molar refractivity (Wildman–Crippen MR) is 87.2 cm³/mol. The van der Waals surface area contributed by atoms with Crippen molar-refractivity contribution in [1.29, 1.82) is 0 Å².